The Morgan fingerprint density at radius 2 is 2.38 bits per heavy atom. The van der Waals surface area contributed by atoms with Gasteiger partial charge < -0.3 is 10.3 Å². The number of hydrogen-bond acceptors (Lipinski definition) is 3. The maximum absolute atomic E-state index is 11.4. The molecule has 0 amide bonds. The molecule has 1 saturated carbocycles. The van der Waals surface area contributed by atoms with Crippen LogP contribution in [0.3, 0.4) is 0 Å². The molecule has 2 unspecified atom stereocenters. The first-order valence-electron chi connectivity index (χ1n) is 5.06. The van der Waals surface area contributed by atoms with Gasteiger partial charge in [0.15, 0.2) is 0 Å². The van der Waals surface area contributed by atoms with Crippen LogP contribution in [0.2, 0.25) is 0 Å². The van der Waals surface area contributed by atoms with Crippen LogP contribution in [-0.2, 0) is 0 Å². The molecular weight excluding hydrogens is 340 g/mol. The van der Waals surface area contributed by atoms with E-state index in [9.17, 15) is 4.79 Å². The summed E-state index contributed by atoms with van der Waals surface area (Å²) in [6.45, 7) is 4.23. The molecule has 1 fully saturated rings. The Balaban J connectivity index is 2.17. The first-order chi connectivity index (χ1) is 7.43. The van der Waals surface area contributed by atoms with Gasteiger partial charge in [-0.15, -0.1) is 11.6 Å². The van der Waals surface area contributed by atoms with Crippen LogP contribution in [0.5, 0.6) is 0 Å². The zero-order chi connectivity index (χ0) is 11.9. The normalized spacial score (nSPS) is 27.2. The van der Waals surface area contributed by atoms with Crippen LogP contribution in [0.1, 0.15) is 20.3 Å². The van der Waals surface area contributed by atoms with E-state index in [2.05, 4.69) is 29.1 Å². The van der Waals surface area contributed by atoms with Crippen LogP contribution in [0.25, 0.3) is 0 Å². The molecule has 0 saturated heterocycles. The van der Waals surface area contributed by atoms with Gasteiger partial charge in [-0.2, -0.15) is 0 Å². The van der Waals surface area contributed by atoms with Crippen LogP contribution in [0, 0.1) is 8.99 Å². The highest BCUT2D eigenvalue weighted by Crippen LogP contribution is 2.45. The minimum Gasteiger partial charge on any atom is -0.366 e. The minimum absolute atomic E-state index is 0.0366. The molecule has 4 nitrogen and oxygen atoms in total. The van der Waals surface area contributed by atoms with Gasteiger partial charge >= 0.3 is 0 Å². The van der Waals surface area contributed by atoms with Crippen molar-refractivity contribution in [2.75, 3.05) is 5.32 Å². The number of nitrogens with one attached hydrogen (secondary N) is 2. The summed E-state index contributed by atoms with van der Waals surface area (Å²) in [5.41, 5.74) is -0.0767. The van der Waals surface area contributed by atoms with Crippen LogP contribution in [0.15, 0.2) is 11.1 Å². The Labute approximate surface area is 112 Å². The fraction of sp³-hybridized carbons (Fsp3) is 0.600. The molecule has 1 aliphatic carbocycles. The molecule has 0 bridgehead atoms. The second-order valence-corrected chi connectivity index (χ2v) is 6.22. The van der Waals surface area contributed by atoms with E-state index in [4.69, 9.17) is 11.6 Å². The lowest BCUT2D eigenvalue weighted by Gasteiger charge is -2.49. The quantitative estimate of drug-likeness (QED) is 0.633. The van der Waals surface area contributed by atoms with E-state index in [0.717, 1.165) is 6.42 Å². The average molecular weight is 354 g/mol. The van der Waals surface area contributed by atoms with Crippen molar-refractivity contribution in [3.8, 4) is 0 Å². The number of H-pyrrole nitrogens is 1. The van der Waals surface area contributed by atoms with Gasteiger partial charge in [0.05, 0.1) is 6.33 Å². The third-order valence-corrected chi connectivity index (χ3v) is 5.00. The van der Waals surface area contributed by atoms with Gasteiger partial charge in [0.2, 0.25) is 0 Å². The Morgan fingerprint density at radius 1 is 1.69 bits per heavy atom. The molecule has 0 radical (unpaired) electrons. The standard InChI is InChI=1S/C10H13ClIN3O/c1-10(2)5(11)3-6(10)15-8-7(12)9(16)14-4-13-8/h4-6H,3H2,1-2H3,(H2,13,14,15,16). The van der Waals surface area contributed by atoms with E-state index < -0.39 is 0 Å². The van der Waals surface area contributed by atoms with Crippen LogP contribution < -0.4 is 10.9 Å². The van der Waals surface area contributed by atoms with Gasteiger partial charge in [0, 0.05) is 16.8 Å². The molecular formula is C10H13ClIN3O. The van der Waals surface area contributed by atoms with Gasteiger partial charge in [-0.1, -0.05) is 13.8 Å². The summed E-state index contributed by atoms with van der Waals surface area (Å²) in [4.78, 5) is 18.1. The largest absolute Gasteiger partial charge is 0.366 e. The average Bonchev–Trinajstić information content (AvgIpc) is 2.24. The highest BCUT2D eigenvalue weighted by Gasteiger charge is 2.47. The summed E-state index contributed by atoms with van der Waals surface area (Å²) in [5, 5.41) is 3.47. The molecule has 2 atom stereocenters. The molecule has 6 heteroatoms. The van der Waals surface area contributed by atoms with Crippen LogP contribution >= 0.6 is 34.2 Å². The van der Waals surface area contributed by atoms with Crippen LogP contribution in [0.4, 0.5) is 5.82 Å². The number of aromatic nitrogens is 2. The van der Waals surface area contributed by atoms with Gasteiger partial charge in [-0.25, -0.2) is 4.98 Å². The number of anilines is 1. The molecule has 1 aromatic rings. The molecule has 0 aliphatic heterocycles. The third kappa shape index (κ3) is 1.95. The number of rotatable bonds is 2. The van der Waals surface area contributed by atoms with E-state index in [0.29, 0.717) is 9.39 Å². The Morgan fingerprint density at radius 3 is 2.94 bits per heavy atom. The fourth-order valence-corrected chi connectivity index (χ4v) is 2.55. The summed E-state index contributed by atoms with van der Waals surface area (Å²) in [7, 11) is 0. The molecule has 0 spiro atoms. The summed E-state index contributed by atoms with van der Waals surface area (Å²) in [6.07, 6.45) is 2.32. The maximum Gasteiger partial charge on any atom is 0.266 e. The lowest BCUT2D eigenvalue weighted by Crippen LogP contribution is -2.54. The van der Waals surface area contributed by atoms with Gasteiger partial charge in [-0.3, -0.25) is 4.79 Å². The monoisotopic (exact) mass is 353 g/mol. The van der Waals surface area contributed by atoms with Gasteiger partial charge in [0.1, 0.15) is 9.39 Å². The number of alkyl halides is 1. The molecule has 88 valence electrons. The topological polar surface area (TPSA) is 57.8 Å². The first-order valence-corrected chi connectivity index (χ1v) is 6.58. The summed E-state index contributed by atoms with van der Waals surface area (Å²) >= 11 is 8.14. The molecule has 1 heterocycles. The summed E-state index contributed by atoms with van der Waals surface area (Å²) < 4.78 is 0.592. The van der Waals surface area contributed by atoms with E-state index in [1.807, 2.05) is 22.6 Å². The smallest absolute Gasteiger partial charge is 0.266 e. The van der Waals surface area contributed by atoms with E-state index in [1.165, 1.54) is 6.33 Å². The molecule has 2 N–H and O–H groups in total. The molecule has 2 rings (SSSR count). The zero-order valence-corrected chi connectivity index (χ0v) is 12.0. The SMILES string of the molecule is CC1(C)C(Cl)CC1Nc1nc[nH]c(=O)c1I. The van der Waals surface area contributed by atoms with Crippen LogP contribution in [-0.4, -0.2) is 21.4 Å². The van der Waals surface area contributed by atoms with Crippen molar-refractivity contribution < 1.29 is 0 Å². The number of halogens is 2. The second kappa shape index (κ2) is 4.18. The van der Waals surface area contributed by atoms with Crippen molar-refractivity contribution in [1.82, 2.24) is 9.97 Å². The highest BCUT2D eigenvalue weighted by molar-refractivity contribution is 14.1. The highest BCUT2D eigenvalue weighted by atomic mass is 127. The Hall–Kier alpha value is -0.300. The van der Waals surface area contributed by atoms with Crippen molar-refractivity contribution in [1.29, 1.82) is 0 Å². The summed E-state index contributed by atoms with van der Waals surface area (Å²) in [6, 6.07) is 0.276. The lowest BCUT2D eigenvalue weighted by molar-refractivity contribution is 0.168. The summed E-state index contributed by atoms with van der Waals surface area (Å²) in [5.74, 6) is 0.644. The Kier molecular flexibility index (Phi) is 3.18. The van der Waals surface area contributed by atoms with Crippen molar-refractivity contribution in [3.05, 3.63) is 20.3 Å². The molecule has 1 aromatic heterocycles. The number of aromatic amines is 1. The Bertz CT molecular complexity index is 460. The van der Waals surface area contributed by atoms with E-state index >= 15 is 0 Å². The number of hydrogen-bond donors (Lipinski definition) is 2. The molecule has 1 aliphatic rings. The fourth-order valence-electron chi connectivity index (χ4n) is 1.77. The zero-order valence-electron chi connectivity index (χ0n) is 9.05. The second-order valence-electron chi connectivity index (χ2n) is 4.62. The minimum atomic E-state index is -0.113. The third-order valence-electron chi connectivity index (χ3n) is 3.26. The lowest BCUT2D eigenvalue weighted by atomic mass is 9.67. The maximum atomic E-state index is 11.4. The van der Waals surface area contributed by atoms with Gasteiger partial charge in [0.25, 0.3) is 5.56 Å². The first kappa shape index (κ1) is 12.2. The van der Waals surface area contributed by atoms with Crippen molar-refractivity contribution in [3.63, 3.8) is 0 Å². The molecule has 16 heavy (non-hydrogen) atoms. The number of nitrogens with zero attached hydrogens (tertiary/aromatic N) is 1. The van der Waals surface area contributed by atoms with Gasteiger partial charge in [-0.05, 0) is 29.0 Å². The van der Waals surface area contributed by atoms with E-state index in [1.54, 1.807) is 0 Å². The van der Waals surface area contributed by atoms with Crippen molar-refractivity contribution >= 4 is 40.0 Å². The van der Waals surface area contributed by atoms with E-state index in [-0.39, 0.29) is 22.4 Å². The predicted molar refractivity (Wildman–Crippen MR) is 73.0 cm³/mol. The predicted octanol–water partition coefficient (Wildman–Crippen LogP) is 2.19. The molecule has 0 aromatic carbocycles. The van der Waals surface area contributed by atoms with Crippen molar-refractivity contribution in [2.24, 2.45) is 5.41 Å². The van der Waals surface area contributed by atoms with Crippen molar-refractivity contribution in [2.45, 2.75) is 31.7 Å².